The zero-order chi connectivity index (χ0) is 26.5. The van der Waals surface area contributed by atoms with Crippen LogP contribution in [0.15, 0.2) is 72.8 Å². The summed E-state index contributed by atoms with van der Waals surface area (Å²) in [6, 6.07) is 19.2. The molecule has 1 aromatic heterocycles. The highest BCUT2D eigenvalue weighted by Gasteiger charge is 2.28. The average molecular weight is 558 g/mol. The van der Waals surface area contributed by atoms with Crippen molar-refractivity contribution in [1.29, 1.82) is 0 Å². The number of hydrogen-bond acceptors (Lipinski definition) is 5. The molecule has 5 rings (SSSR count). The fourth-order valence-corrected chi connectivity index (χ4v) is 5.35. The first kappa shape index (κ1) is 25.0. The Morgan fingerprint density at radius 2 is 1.76 bits per heavy atom. The summed E-state index contributed by atoms with van der Waals surface area (Å²) in [6.45, 7) is -0.287. The number of carbonyl (C=O) groups excluding carboxylic acids is 1. The first-order valence-electron chi connectivity index (χ1n) is 10.9. The van der Waals surface area contributed by atoms with Gasteiger partial charge in [-0.2, -0.15) is 5.10 Å². The predicted molar refractivity (Wildman–Crippen MR) is 141 cm³/mol. The van der Waals surface area contributed by atoms with Gasteiger partial charge in [0.25, 0.3) is 5.91 Å². The highest BCUT2D eigenvalue weighted by atomic mass is 35.5. The second-order valence-corrected chi connectivity index (χ2v) is 11.1. The van der Waals surface area contributed by atoms with Crippen LogP contribution in [0, 0.1) is 5.82 Å². The van der Waals surface area contributed by atoms with Crippen LogP contribution in [0.3, 0.4) is 0 Å². The number of benzene rings is 4. The molecule has 37 heavy (non-hydrogen) atoms. The van der Waals surface area contributed by atoms with Gasteiger partial charge >= 0.3 is 0 Å². The lowest BCUT2D eigenvalue weighted by atomic mass is 10.1. The molecule has 0 bridgehead atoms. The van der Waals surface area contributed by atoms with Gasteiger partial charge in [-0.1, -0.05) is 59.6 Å². The summed E-state index contributed by atoms with van der Waals surface area (Å²) in [5.41, 5.74) is 0.567. The number of aromatic nitrogens is 2. The molecule has 1 heterocycles. The summed E-state index contributed by atoms with van der Waals surface area (Å²) in [6.07, 6.45) is 0.882. The molecule has 1 amide bonds. The molecule has 1 N–H and O–H groups in total. The molecule has 11 heteroatoms. The third kappa shape index (κ3) is 4.73. The summed E-state index contributed by atoms with van der Waals surface area (Å²) in [5, 5.41) is 16.1. The minimum atomic E-state index is -4.07. The summed E-state index contributed by atoms with van der Waals surface area (Å²) >= 11 is 12.6. The van der Waals surface area contributed by atoms with Crippen LogP contribution in [0.1, 0.15) is 15.9 Å². The van der Waals surface area contributed by atoms with Gasteiger partial charge in [-0.25, -0.2) is 21.8 Å². The van der Waals surface area contributed by atoms with E-state index in [4.69, 9.17) is 23.2 Å². The number of amides is 1. The fourth-order valence-electron chi connectivity index (χ4n) is 4.09. The summed E-state index contributed by atoms with van der Waals surface area (Å²) in [5.74, 6) is -2.08. The summed E-state index contributed by atoms with van der Waals surface area (Å²) in [7, 11) is -4.07. The largest absolute Gasteiger partial charge is 0.508 e. The Kier molecular flexibility index (Phi) is 6.31. The topological polar surface area (TPSA) is 92.5 Å². The van der Waals surface area contributed by atoms with E-state index in [2.05, 4.69) is 5.10 Å². The van der Waals surface area contributed by atoms with Gasteiger partial charge in [0.15, 0.2) is 5.15 Å². The van der Waals surface area contributed by atoms with Crippen LogP contribution in [0.2, 0.25) is 10.2 Å². The number of nitrogens with zero attached hydrogens (tertiary/aromatic N) is 3. The van der Waals surface area contributed by atoms with Gasteiger partial charge < -0.3 is 5.11 Å². The van der Waals surface area contributed by atoms with Crippen LogP contribution in [-0.2, 0) is 16.6 Å². The highest BCUT2D eigenvalue weighted by Crippen LogP contribution is 2.33. The fraction of sp³-hybridized carbons (Fsp3) is 0.0769. The Morgan fingerprint density at radius 3 is 2.49 bits per heavy atom. The molecule has 0 unspecified atom stereocenters. The van der Waals surface area contributed by atoms with Gasteiger partial charge in [0.1, 0.15) is 11.6 Å². The Labute approximate surface area is 221 Å². The van der Waals surface area contributed by atoms with Gasteiger partial charge in [0, 0.05) is 11.5 Å². The molecule has 0 spiro atoms. The van der Waals surface area contributed by atoms with Crippen molar-refractivity contribution in [3.8, 4) is 11.4 Å². The van der Waals surface area contributed by atoms with Crippen LogP contribution in [-0.4, -0.2) is 39.8 Å². The van der Waals surface area contributed by atoms with E-state index in [0.29, 0.717) is 20.8 Å². The number of fused-ring (bicyclic) bond motifs is 2. The maximum absolute atomic E-state index is 15.3. The molecular weight excluding hydrogens is 540 g/mol. The number of phenols is 1. The Bertz CT molecular complexity index is 1820. The molecule has 7 nitrogen and oxygen atoms in total. The Balaban J connectivity index is 1.54. The molecule has 188 valence electrons. The SMILES string of the molecule is CS(=O)(=O)N(Cc1ccc2ccccc2c1)C(=O)c1cc(Cl)c(-n2nc(Cl)c3cc(O)ccc32)cc1F. The molecule has 0 saturated heterocycles. The van der Waals surface area contributed by atoms with E-state index in [0.717, 1.165) is 29.2 Å². The second-order valence-electron chi connectivity index (χ2n) is 8.44. The monoisotopic (exact) mass is 557 g/mol. The number of rotatable bonds is 5. The number of phenolic OH excluding ortho intramolecular Hbond substituents is 1. The normalized spacial score (nSPS) is 11.8. The maximum atomic E-state index is 15.3. The third-order valence-electron chi connectivity index (χ3n) is 5.88. The van der Waals surface area contributed by atoms with E-state index in [1.165, 1.54) is 22.9 Å². The molecule has 0 aliphatic heterocycles. The first-order chi connectivity index (χ1) is 17.5. The van der Waals surface area contributed by atoms with Crippen molar-refractivity contribution in [3.05, 3.63) is 99.9 Å². The van der Waals surface area contributed by atoms with Gasteiger partial charge in [0.2, 0.25) is 10.0 Å². The summed E-state index contributed by atoms with van der Waals surface area (Å²) in [4.78, 5) is 13.3. The van der Waals surface area contributed by atoms with E-state index in [1.807, 2.05) is 30.3 Å². The van der Waals surface area contributed by atoms with E-state index in [1.54, 1.807) is 12.1 Å². The quantitative estimate of drug-likeness (QED) is 0.289. The van der Waals surface area contributed by atoms with Crippen LogP contribution in [0.4, 0.5) is 4.39 Å². The van der Waals surface area contributed by atoms with Crippen molar-refractivity contribution in [2.75, 3.05) is 6.26 Å². The lowest BCUT2D eigenvalue weighted by Crippen LogP contribution is -2.36. The molecule has 0 aliphatic carbocycles. The van der Waals surface area contributed by atoms with E-state index in [-0.39, 0.29) is 28.2 Å². The molecular formula is C26H18Cl2FN3O4S. The molecule has 0 saturated carbocycles. The van der Waals surface area contributed by atoms with Gasteiger partial charge in [-0.15, -0.1) is 0 Å². The number of halogens is 3. The first-order valence-corrected chi connectivity index (χ1v) is 13.5. The molecule has 4 aromatic carbocycles. The van der Waals surface area contributed by atoms with Crippen LogP contribution in [0.5, 0.6) is 5.75 Å². The number of hydrogen-bond donors (Lipinski definition) is 1. The molecule has 0 aliphatic rings. The van der Waals surface area contributed by atoms with E-state index < -0.39 is 27.3 Å². The van der Waals surface area contributed by atoms with Crippen molar-refractivity contribution in [2.45, 2.75) is 6.54 Å². The smallest absolute Gasteiger partial charge is 0.270 e. The molecule has 0 fully saturated rings. The zero-order valence-corrected chi connectivity index (χ0v) is 21.5. The van der Waals surface area contributed by atoms with Gasteiger partial charge in [0.05, 0.1) is 34.6 Å². The van der Waals surface area contributed by atoms with Gasteiger partial charge in [-0.05, 0) is 46.7 Å². The average Bonchev–Trinajstić information content (AvgIpc) is 3.17. The zero-order valence-electron chi connectivity index (χ0n) is 19.2. The van der Waals surface area contributed by atoms with Gasteiger partial charge in [-0.3, -0.25) is 4.79 Å². The molecule has 0 atom stereocenters. The Morgan fingerprint density at radius 1 is 1.03 bits per heavy atom. The summed E-state index contributed by atoms with van der Waals surface area (Å²) < 4.78 is 42.4. The Hall–Kier alpha value is -3.66. The predicted octanol–water partition coefficient (Wildman–Crippen LogP) is 5.93. The lowest BCUT2D eigenvalue weighted by molar-refractivity contribution is 0.0851. The standard InChI is InChI=1S/C26H18Cl2FN3O4S/c1-37(35,36)31(14-15-6-7-16-4-2-3-5-17(16)10-15)26(34)19-12-21(27)24(13-22(19)29)32-23-9-8-18(33)11-20(23)25(28)30-32/h2-13,33H,14H2,1H3. The van der Waals surface area contributed by atoms with Crippen molar-refractivity contribution in [1.82, 2.24) is 14.1 Å². The molecule has 0 radical (unpaired) electrons. The van der Waals surface area contributed by atoms with Crippen molar-refractivity contribution in [2.24, 2.45) is 0 Å². The van der Waals surface area contributed by atoms with Crippen LogP contribution in [0.25, 0.3) is 27.4 Å². The molecule has 5 aromatic rings. The minimum Gasteiger partial charge on any atom is -0.508 e. The van der Waals surface area contributed by atoms with Crippen molar-refractivity contribution in [3.63, 3.8) is 0 Å². The van der Waals surface area contributed by atoms with Crippen molar-refractivity contribution < 1.29 is 22.7 Å². The van der Waals surface area contributed by atoms with E-state index in [9.17, 15) is 18.3 Å². The van der Waals surface area contributed by atoms with E-state index >= 15 is 4.39 Å². The minimum absolute atomic E-state index is 0.0283. The second kappa shape index (κ2) is 9.33. The van der Waals surface area contributed by atoms with Crippen LogP contribution >= 0.6 is 23.2 Å². The lowest BCUT2D eigenvalue weighted by Gasteiger charge is -2.21. The number of sulfonamides is 1. The number of carbonyl (C=O) groups is 1. The third-order valence-corrected chi connectivity index (χ3v) is 7.56. The van der Waals surface area contributed by atoms with Crippen LogP contribution < -0.4 is 0 Å². The highest BCUT2D eigenvalue weighted by molar-refractivity contribution is 7.88. The maximum Gasteiger partial charge on any atom is 0.270 e. The van der Waals surface area contributed by atoms with Crippen molar-refractivity contribution >= 4 is 60.8 Å². The number of aromatic hydroxyl groups is 1.